The van der Waals surface area contributed by atoms with Crippen LogP contribution in [0.25, 0.3) is 0 Å². The predicted molar refractivity (Wildman–Crippen MR) is 63.5 cm³/mol. The molecule has 1 fully saturated rings. The van der Waals surface area contributed by atoms with Gasteiger partial charge in [-0.1, -0.05) is 6.07 Å². The Labute approximate surface area is 101 Å². The van der Waals surface area contributed by atoms with Crippen molar-refractivity contribution in [1.82, 2.24) is 0 Å². The van der Waals surface area contributed by atoms with Crippen molar-refractivity contribution in [2.75, 3.05) is 21.3 Å². The van der Waals surface area contributed by atoms with Crippen LogP contribution < -0.4 is 9.47 Å². The molecular formula is C13H18O4. The monoisotopic (exact) mass is 238 g/mol. The molecule has 4 heteroatoms. The number of ether oxygens (including phenoxy) is 3. The third-order valence-electron chi connectivity index (χ3n) is 3.38. The summed E-state index contributed by atoms with van der Waals surface area (Å²) in [5.74, 6) is 1.31. The summed E-state index contributed by atoms with van der Waals surface area (Å²) in [4.78, 5) is 0. The van der Waals surface area contributed by atoms with E-state index in [2.05, 4.69) is 0 Å². The molecule has 0 aliphatic heterocycles. The van der Waals surface area contributed by atoms with Crippen LogP contribution in [0, 0.1) is 0 Å². The molecule has 0 spiro atoms. The molecule has 1 saturated carbocycles. The second kappa shape index (κ2) is 4.55. The Hall–Kier alpha value is -1.26. The number of hydrogen-bond donors (Lipinski definition) is 1. The number of rotatable bonds is 4. The van der Waals surface area contributed by atoms with Gasteiger partial charge in [0, 0.05) is 20.0 Å². The average Bonchev–Trinajstić information content (AvgIpc) is 2.33. The van der Waals surface area contributed by atoms with Crippen LogP contribution in [0.3, 0.4) is 0 Å². The number of aliphatic hydroxyl groups is 1. The Morgan fingerprint density at radius 2 is 1.76 bits per heavy atom. The van der Waals surface area contributed by atoms with Crippen LogP contribution in [0.15, 0.2) is 18.2 Å². The van der Waals surface area contributed by atoms with E-state index in [9.17, 15) is 5.11 Å². The Morgan fingerprint density at radius 3 is 2.29 bits per heavy atom. The van der Waals surface area contributed by atoms with Gasteiger partial charge in [0.15, 0.2) is 11.5 Å². The summed E-state index contributed by atoms with van der Waals surface area (Å²) in [7, 11) is 4.85. The Balaban J connectivity index is 2.23. The van der Waals surface area contributed by atoms with E-state index in [1.54, 1.807) is 21.3 Å². The van der Waals surface area contributed by atoms with Crippen molar-refractivity contribution >= 4 is 0 Å². The second-order valence-electron chi connectivity index (χ2n) is 4.37. The molecule has 94 valence electrons. The second-order valence-corrected chi connectivity index (χ2v) is 4.37. The van der Waals surface area contributed by atoms with Crippen molar-refractivity contribution < 1.29 is 19.3 Å². The molecule has 0 bridgehead atoms. The van der Waals surface area contributed by atoms with Gasteiger partial charge in [-0.05, 0) is 17.7 Å². The molecule has 0 heterocycles. The van der Waals surface area contributed by atoms with E-state index in [0.717, 1.165) is 5.56 Å². The molecule has 0 radical (unpaired) electrons. The van der Waals surface area contributed by atoms with E-state index in [1.165, 1.54) is 0 Å². The Bertz CT molecular complexity index is 396. The van der Waals surface area contributed by atoms with Gasteiger partial charge in [0.25, 0.3) is 0 Å². The van der Waals surface area contributed by atoms with Gasteiger partial charge in [-0.15, -0.1) is 0 Å². The van der Waals surface area contributed by atoms with Crippen LogP contribution in [0.5, 0.6) is 11.5 Å². The van der Waals surface area contributed by atoms with E-state index in [0.29, 0.717) is 24.3 Å². The summed E-state index contributed by atoms with van der Waals surface area (Å²) in [6.45, 7) is 0. The van der Waals surface area contributed by atoms with Crippen LogP contribution in [-0.2, 0) is 10.3 Å². The van der Waals surface area contributed by atoms with E-state index >= 15 is 0 Å². The van der Waals surface area contributed by atoms with Gasteiger partial charge in [-0.2, -0.15) is 0 Å². The fourth-order valence-corrected chi connectivity index (χ4v) is 2.22. The van der Waals surface area contributed by atoms with Crippen LogP contribution in [-0.4, -0.2) is 32.5 Å². The maximum Gasteiger partial charge on any atom is 0.161 e. The third-order valence-corrected chi connectivity index (χ3v) is 3.38. The van der Waals surface area contributed by atoms with E-state index in [4.69, 9.17) is 14.2 Å². The lowest BCUT2D eigenvalue weighted by Gasteiger charge is -2.43. The molecule has 0 unspecified atom stereocenters. The summed E-state index contributed by atoms with van der Waals surface area (Å²) in [6.07, 6.45) is 1.39. The first-order chi connectivity index (χ1) is 8.12. The van der Waals surface area contributed by atoms with Crippen molar-refractivity contribution in [3.8, 4) is 11.5 Å². The molecule has 2 rings (SSSR count). The molecule has 1 aliphatic rings. The zero-order chi connectivity index (χ0) is 12.5. The van der Waals surface area contributed by atoms with Gasteiger partial charge in [0.1, 0.15) is 0 Å². The van der Waals surface area contributed by atoms with Crippen LogP contribution in [0.2, 0.25) is 0 Å². The zero-order valence-electron chi connectivity index (χ0n) is 10.4. The molecule has 4 nitrogen and oxygen atoms in total. The maximum atomic E-state index is 10.4. The lowest BCUT2D eigenvalue weighted by molar-refractivity contribution is -0.133. The molecule has 0 atom stereocenters. The fraction of sp³-hybridized carbons (Fsp3) is 0.538. The third kappa shape index (κ3) is 2.10. The van der Waals surface area contributed by atoms with Gasteiger partial charge >= 0.3 is 0 Å². The highest BCUT2D eigenvalue weighted by atomic mass is 16.5. The van der Waals surface area contributed by atoms with Gasteiger partial charge in [0.2, 0.25) is 0 Å². The number of methoxy groups -OCH3 is 3. The Kier molecular flexibility index (Phi) is 3.26. The topological polar surface area (TPSA) is 47.9 Å². The van der Waals surface area contributed by atoms with Gasteiger partial charge in [-0.25, -0.2) is 0 Å². The first-order valence-electron chi connectivity index (χ1n) is 5.60. The van der Waals surface area contributed by atoms with Crippen LogP contribution >= 0.6 is 0 Å². The highest BCUT2D eigenvalue weighted by Gasteiger charge is 2.44. The van der Waals surface area contributed by atoms with Crippen molar-refractivity contribution in [2.24, 2.45) is 0 Å². The maximum absolute atomic E-state index is 10.4. The van der Waals surface area contributed by atoms with E-state index < -0.39 is 5.60 Å². The smallest absolute Gasteiger partial charge is 0.161 e. The fourth-order valence-electron chi connectivity index (χ4n) is 2.22. The van der Waals surface area contributed by atoms with E-state index in [1.807, 2.05) is 18.2 Å². The Morgan fingerprint density at radius 1 is 1.12 bits per heavy atom. The van der Waals surface area contributed by atoms with Gasteiger partial charge in [0.05, 0.1) is 25.9 Å². The molecular weight excluding hydrogens is 220 g/mol. The van der Waals surface area contributed by atoms with Crippen molar-refractivity contribution in [2.45, 2.75) is 24.5 Å². The highest BCUT2D eigenvalue weighted by Crippen LogP contribution is 2.44. The molecule has 17 heavy (non-hydrogen) atoms. The molecule has 0 amide bonds. The van der Waals surface area contributed by atoms with Gasteiger partial charge < -0.3 is 19.3 Å². The predicted octanol–water partition coefficient (Wildman–Crippen LogP) is 1.70. The minimum atomic E-state index is -0.791. The molecule has 0 saturated heterocycles. The molecule has 1 aromatic rings. The SMILES string of the molecule is COc1ccc(C2(O)CC(OC)C2)cc1OC. The summed E-state index contributed by atoms with van der Waals surface area (Å²) in [5, 5.41) is 10.4. The first kappa shape index (κ1) is 12.2. The number of hydrogen-bond acceptors (Lipinski definition) is 4. The van der Waals surface area contributed by atoms with Crippen molar-refractivity contribution in [3.63, 3.8) is 0 Å². The lowest BCUT2D eigenvalue weighted by Crippen LogP contribution is -2.45. The summed E-state index contributed by atoms with van der Waals surface area (Å²) in [6, 6.07) is 5.50. The summed E-state index contributed by atoms with van der Waals surface area (Å²) in [5.41, 5.74) is 0.0590. The molecule has 1 aliphatic carbocycles. The van der Waals surface area contributed by atoms with Crippen LogP contribution in [0.1, 0.15) is 18.4 Å². The van der Waals surface area contributed by atoms with Gasteiger partial charge in [-0.3, -0.25) is 0 Å². The molecule has 0 aromatic heterocycles. The minimum absolute atomic E-state index is 0.146. The molecule has 1 aromatic carbocycles. The van der Waals surface area contributed by atoms with Crippen molar-refractivity contribution in [1.29, 1.82) is 0 Å². The summed E-state index contributed by atoms with van der Waals surface area (Å²) >= 11 is 0. The lowest BCUT2D eigenvalue weighted by atomic mass is 9.73. The zero-order valence-corrected chi connectivity index (χ0v) is 10.4. The normalized spacial score (nSPS) is 27.4. The molecule has 1 N–H and O–H groups in total. The standard InChI is InChI=1S/C13H18O4/c1-15-10-7-13(14,8-10)9-4-5-11(16-2)12(6-9)17-3/h4-6,10,14H,7-8H2,1-3H3. The van der Waals surface area contributed by atoms with E-state index in [-0.39, 0.29) is 6.10 Å². The average molecular weight is 238 g/mol. The minimum Gasteiger partial charge on any atom is -0.493 e. The largest absolute Gasteiger partial charge is 0.493 e. The van der Waals surface area contributed by atoms with Crippen LogP contribution in [0.4, 0.5) is 0 Å². The highest BCUT2D eigenvalue weighted by molar-refractivity contribution is 5.45. The quantitative estimate of drug-likeness (QED) is 0.867. The van der Waals surface area contributed by atoms with Crippen molar-refractivity contribution in [3.05, 3.63) is 23.8 Å². The summed E-state index contributed by atoms with van der Waals surface area (Å²) < 4.78 is 15.6. The number of benzene rings is 1. The first-order valence-corrected chi connectivity index (χ1v) is 5.60.